The van der Waals surface area contributed by atoms with Gasteiger partial charge in [-0.3, -0.25) is 19.2 Å². The molecule has 3 atom stereocenters. The lowest BCUT2D eigenvalue weighted by atomic mass is 9.93. The van der Waals surface area contributed by atoms with Gasteiger partial charge in [0.2, 0.25) is 11.8 Å². The van der Waals surface area contributed by atoms with Crippen LogP contribution < -0.4 is 11.1 Å². The molecule has 0 aliphatic heterocycles. The predicted molar refractivity (Wildman–Crippen MR) is 360 cm³/mol. The first kappa shape index (κ1) is 96.0. The Morgan fingerprint density at radius 3 is 1.51 bits per heavy atom. The summed E-state index contributed by atoms with van der Waals surface area (Å²) in [5, 5.41) is 3.02. The van der Waals surface area contributed by atoms with E-state index in [0.717, 1.165) is 103 Å². The number of rotatable bonds is 39. The molecule has 80 heavy (non-hydrogen) atoms. The van der Waals surface area contributed by atoms with Crippen molar-refractivity contribution in [2.24, 2.45) is 23.5 Å². The average Bonchev–Trinajstić information content (AvgIpc) is 3.46. The van der Waals surface area contributed by atoms with Crippen LogP contribution in [0.15, 0.2) is 48.6 Å². The molecule has 2 amide bonds. The minimum atomic E-state index is -0.233. The van der Waals surface area contributed by atoms with E-state index in [0.29, 0.717) is 12.8 Å². The Labute approximate surface area is 502 Å². The van der Waals surface area contributed by atoms with Gasteiger partial charge in [-0.05, 0) is 98.8 Å². The lowest BCUT2D eigenvalue weighted by molar-refractivity contribution is -0.151. The molecule has 10 nitrogen and oxygen atoms in total. The molecule has 0 bridgehead atoms. The van der Waals surface area contributed by atoms with Crippen molar-refractivity contribution < 1.29 is 28.7 Å². The molecule has 482 valence electrons. The zero-order valence-electron chi connectivity index (χ0n) is 58.3. The van der Waals surface area contributed by atoms with E-state index in [9.17, 15) is 19.2 Å². The van der Waals surface area contributed by atoms with Gasteiger partial charge >= 0.3 is 11.9 Å². The van der Waals surface area contributed by atoms with E-state index in [1.54, 1.807) is 6.08 Å². The molecule has 0 radical (unpaired) electrons. The Morgan fingerprint density at radius 1 is 0.600 bits per heavy atom. The number of amides is 2. The summed E-state index contributed by atoms with van der Waals surface area (Å²) in [6, 6.07) is 0. The maximum absolute atomic E-state index is 12.3. The summed E-state index contributed by atoms with van der Waals surface area (Å²) in [6.07, 6.45) is 40.8. The highest BCUT2D eigenvalue weighted by Crippen LogP contribution is 2.22. The SMILES string of the molecule is C/C=C/CCC(N)=O.C=CC(C)OC(=O)C(CCCCCCC)CCCCC(C)C.CC.CC.CC.CC/C=C\C=C(/C)CCC(=O)NCCCN(C)CCN(C)CC.CCC.CCCCCC.CCCCCCC(C)C(=O)OC. The van der Waals surface area contributed by atoms with Crippen molar-refractivity contribution >= 4 is 23.8 Å². The van der Waals surface area contributed by atoms with Crippen molar-refractivity contribution in [3.05, 3.63) is 48.6 Å². The summed E-state index contributed by atoms with van der Waals surface area (Å²) in [5.74, 6) is 0.732. The normalized spacial score (nSPS) is 11.4. The van der Waals surface area contributed by atoms with Crippen molar-refractivity contribution in [1.29, 1.82) is 0 Å². The largest absolute Gasteiger partial charge is 0.469 e. The topological polar surface area (TPSA) is 131 Å². The van der Waals surface area contributed by atoms with Crippen molar-refractivity contribution in [2.75, 3.05) is 53.9 Å². The fourth-order valence-corrected chi connectivity index (χ4v) is 6.77. The molecule has 3 N–H and O–H groups in total. The second kappa shape index (κ2) is 87.0. The number of likely N-dealkylation sites (N-methyl/N-ethyl adjacent to an activating group) is 2. The standard InChI is InChI=1S/C20H38O2.C19H37N3O.C10H20O2.C6H11NO.C6H14.C3H8.3C2H6/c1-6-8-9-10-11-15-19(16-13-12-14-17(3)4)20(21)22-18(5)7-2;1-6-8-9-11-18(3)12-13-19(23)20-14-10-15-22(5)17-16-21(4)7-2;1-4-5-6-7-8-9(2)10(11)12-3;1-2-3-4-5-6(7)8;1-3-5-6-4-2;1-3-2;3*1-2/h7,17-19H,2,6,8-16H2,1,3-5H3;8-9,11H,6-7,10,12-17H2,1-5H3,(H,20,23);9H,4-8H2,1-3H3;2-3H,4-5H2,1H3,(H2,7,8);3-6H2,1-2H3;3H2,1-2H3;3*1-2H3/b;9-8-,18-11+;;3-2+;;;;;. The van der Waals surface area contributed by atoms with E-state index >= 15 is 0 Å². The highest BCUT2D eigenvalue weighted by Gasteiger charge is 2.21. The zero-order valence-corrected chi connectivity index (χ0v) is 58.3. The fraction of sp³-hybridized carbons (Fsp3) is 0.829. The Morgan fingerprint density at radius 2 is 1.06 bits per heavy atom. The molecular formula is C70H146N4O6. The quantitative estimate of drug-likeness (QED) is 0.0269. The number of nitrogens with one attached hydrogen (secondary N) is 1. The molecule has 0 aromatic carbocycles. The number of esters is 2. The monoisotopic (exact) mass is 1140 g/mol. The van der Waals surface area contributed by atoms with Gasteiger partial charge in [0, 0.05) is 32.5 Å². The number of hydrogen-bond acceptors (Lipinski definition) is 8. The number of nitrogens with zero attached hydrogens (tertiary/aromatic N) is 2. The maximum atomic E-state index is 12.3. The molecule has 0 aliphatic carbocycles. The van der Waals surface area contributed by atoms with Gasteiger partial charge in [-0.25, -0.2) is 0 Å². The van der Waals surface area contributed by atoms with Gasteiger partial charge < -0.3 is 30.3 Å². The number of carbonyl (C=O) groups is 4. The number of carbonyl (C=O) groups excluding carboxylic acids is 4. The number of allylic oxidation sites excluding steroid dienone is 6. The summed E-state index contributed by atoms with van der Waals surface area (Å²) < 4.78 is 10.1. The first-order chi connectivity index (χ1) is 38.3. The van der Waals surface area contributed by atoms with E-state index < -0.39 is 0 Å². The summed E-state index contributed by atoms with van der Waals surface area (Å²) in [5.41, 5.74) is 6.11. The molecule has 0 aromatic heterocycles. The van der Waals surface area contributed by atoms with Gasteiger partial charge in [-0.1, -0.05) is 275 Å². The van der Waals surface area contributed by atoms with E-state index in [-0.39, 0.29) is 41.7 Å². The van der Waals surface area contributed by atoms with Crippen LogP contribution in [-0.2, 0) is 28.7 Å². The Hall–Kier alpha value is -3.24. The van der Waals surface area contributed by atoms with Crippen LogP contribution in [0.1, 0.15) is 305 Å². The Balaban J connectivity index is -0.000000116. The predicted octanol–water partition coefficient (Wildman–Crippen LogP) is 20.0. The first-order valence-corrected chi connectivity index (χ1v) is 33.1. The zero-order chi connectivity index (χ0) is 63.6. The first-order valence-electron chi connectivity index (χ1n) is 33.1. The van der Waals surface area contributed by atoms with E-state index in [1.165, 1.54) is 103 Å². The van der Waals surface area contributed by atoms with Crippen LogP contribution in [0, 0.1) is 17.8 Å². The molecule has 0 aliphatic rings. The molecule has 0 saturated carbocycles. The number of ether oxygens (including phenoxy) is 2. The van der Waals surface area contributed by atoms with Gasteiger partial charge in [0.1, 0.15) is 6.10 Å². The van der Waals surface area contributed by atoms with Crippen LogP contribution in [0.2, 0.25) is 0 Å². The van der Waals surface area contributed by atoms with E-state index in [4.69, 9.17) is 10.5 Å². The summed E-state index contributed by atoms with van der Waals surface area (Å²) in [4.78, 5) is 49.7. The summed E-state index contributed by atoms with van der Waals surface area (Å²) >= 11 is 0. The lowest BCUT2D eigenvalue weighted by Crippen LogP contribution is -2.33. The van der Waals surface area contributed by atoms with Crippen molar-refractivity contribution in [3.8, 4) is 0 Å². The van der Waals surface area contributed by atoms with Gasteiger partial charge in [-0.15, -0.1) is 0 Å². The van der Waals surface area contributed by atoms with E-state index in [2.05, 4.69) is 135 Å². The van der Waals surface area contributed by atoms with Gasteiger partial charge in [-0.2, -0.15) is 0 Å². The number of nitrogens with two attached hydrogens (primary N) is 1. The second-order valence-corrected chi connectivity index (χ2v) is 20.5. The minimum absolute atomic E-state index is 0.0209. The third kappa shape index (κ3) is 97.0. The fourth-order valence-electron chi connectivity index (χ4n) is 6.77. The smallest absolute Gasteiger partial charge is 0.309 e. The molecular weight excluding hydrogens is 993 g/mol. The highest BCUT2D eigenvalue weighted by atomic mass is 16.5. The maximum Gasteiger partial charge on any atom is 0.309 e. The number of primary amides is 1. The second-order valence-electron chi connectivity index (χ2n) is 20.5. The van der Waals surface area contributed by atoms with Gasteiger partial charge in [0.25, 0.3) is 0 Å². The average molecular weight is 1140 g/mol. The Bertz CT molecular complexity index is 1300. The van der Waals surface area contributed by atoms with Crippen LogP contribution in [0.4, 0.5) is 0 Å². The lowest BCUT2D eigenvalue weighted by Gasteiger charge is -2.20. The molecule has 0 heterocycles. The minimum Gasteiger partial charge on any atom is -0.469 e. The molecule has 0 spiro atoms. The molecule has 0 fully saturated rings. The number of hydrogen-bond donors (Lipinski definition) is 2. The van der Waals surface area contributed by atoms with Crippen molar-refractivity contribution in [2.45, 2.75) is 312 Å². The van der Waals surface area contributed by atoms with Crippen LogP contribution in [-0.4, -0.2) is 93.6 Å². The molecule has 0 rings (SSSR count). The molecule has 0 saturated heterocycles. The van der Waals surface area contributed by atoms with Crippen LogP contribution in [0.5, 0.6) is 0 Å². The van der Waals surface area contributed by atoms with Gasteiger partial charge in [0.15, 0.2) is 0 Å². The molecule has 3 unspecified atom stereocenters. The third-order valence-electron chi connectivity index (χ3n) is 12.0. The molecule has 10 heteroatoms. The van der Waals surface area contributed by atoms with Crippen LogP contribution in [0.25, 0.3) is 0 Å². The molecule has 0 aromatic rings. The van der Waals surface area contributed by atoms with Crippen LogP contribution >= 0.6 is 0 Å². The van der Waals surface area contributed by atoms with Crippen molar-refractivity contribution in [3.63, 3.8) is 0 Å². The van der Waals surface area contributed by atoms with Crippen LogP contribution in [0.3, 0.4) is 0 Å². The summed E-state index contributed by atoms with van der Waals surface area (Å²) in [7, 11) is 5.73. The number of methoxy groups -OCH3 is 1. The van der Waals surface area contributed by atoms with Gasteiger partial charge in [0.05, 0.1) is 18.9 Å². The third-order valence-corrected chi connectivity index (χ3v) is 12.0. The highest BCUT2D eigenvalue weighted by molar-refractivity contribution is 5.76. The van der Waals surface area contributed by atoms with Crippen molar-refractivity contribution in [1.82, 2.24) is 15.1 Å². The van der Waals surface area contributed by atoms with E-state index in [1.807, 2.05) is 74.5 Å². The number of unbranched alkanes of at least 4 members (excludes halogenated alkanes) is 11. The Kier molecular flexibility index (Phi) is 104. The summed E-state index contributed by atoms with van der Waals surface area (Å²) in [6.45, 7) is 50.5.